The third-order valence-corrected chi connectivity index (χ3v) is 6.78. The maximum absolute atomic E-state index is 13.1. The molecule has 0 atom stereocenters. The van der Waals surface area contributed by atoms with Crippen molar-refractivity contribution in [3.8, 4) is 34.4 Å². The fourth-order valence-electron chi connectivity index (χ4n) is 3.35. The van der Waals surface area contributed by atoms with Gasteiger partial charge in [0.05, 0.1) is 19.8 Å². The number of rotatable bonds is 6. The van der Waals surface area contributed by atoms with Gasteiger partial charge in [-0.2, -0.15) is 4.31 Å². The van der Waals surface area contributed by atoms with Crippen LogP contribution < -0.4 is 9.47 Å². The maximum atomic E-state index is 13.1. The molecule has 1 fully saturated rings. The van der Waals surface area contributed by atoms with E-state index in [2.05, 4.69) is 10.2 Å². The van der Waals surface area contributed by atoms with Gasteiger partial charge in [-0.05, 0) is 43.2 Å². The monoisotopic (exact) mass is 415 g/mol. The molecular formula is C20H21N3O5S. The minimum Gasteiger partial charge on any atom is -0.496 e. The molecule has 0 unspecified atom stereocenters. The van der Waals surface area contributed by atoms with E-state index in [4.69, 9.17) is 13.9 Å². The van der Waals surface area contributed by atoms with Crippen LogP contribution in [0.1, 0.15) is 12.8 Å². The number of hydrogen-bond acceptors (Lipinski definition) is 7. The topological polar surface area (TPSA) is 94.8 Å². The highest BCUT2D eigenvalue weighted by atomic mass is 32.2. The van der Waals surface area contributed by atoms with E-state index in [1.807, 2.05) is 18.2 Å². The number of benzene rings is 2. The number of para-hydroxylation sites is 1. The molecule has 0 saturated carbocycles. The van der Waals surface area contributed by atoms with E-state index in [-0.39, 0.29) is 22.4 Å². The zero-order valence-corrected chi connectivity index (χ0v) is 17.0. The third-order valence-electron chi connectivity index (χ3n) is 4.86. The van der Waals surface area contributed by atoms with Crippen molar-refractivity contribution in [2.75, 3.05) is 27.3 Å². The molecule has 8 nitrogen and oxygen atoms in total. The highest BCUT2D eigenvalue weighted by Crippen LogP contribution is 2.35. The van der Waals surface area contributed by atoms with Gasteiger partial charge in [-0.3, -0.25) is 0 Å². The van der Waals surface area contributed by atoms with E-state index < -0.39 is 10.0 Å². The van der Waals surface area contributed by atoms with Crippen molar-refractivity contribution in [1.29, 1.82) is 0 Å². The third kappa shape index (κ3) is 3.58. The second-order valence-electron chi connectivity index (χ2n) is 6.59. The summed E-state index contributed by atoms with van der Waals surface area (Å²) >= 11 is 0. The smallest absolute Gasteiger partial charge is 0.251 e. The summed E-state index contributed by atoms with van der Waals surface area (Å²) < 4.78 is 44.1. The van der Waals surface area contributed by atoms with Gasteiger partial charge in [0.2, 0.25) is 15.9 Å². The van der Waals surface area contributed by atoms with Gasteiger partial charge in [-0.25, -0.2) is 8.42 Å². The van der Waals surface area contributed by atoms with Crippen molar-refractivity contribution in [2.45, 2.75) is 17.7 Å². The van der Waals surface area contributed by atoms with Crippen LogP contribution in [0, 0.1) is 0 Å². The Labute approximate surface area is 169 Å². The van der Waals surface area contributed by atoms with Crippen LogP contribution in [-0.2, 0) is 10.0 Å². The number of sulfonamides is 1. The molecule has 29 heavy (non-hydrogen) atoms. The summed E-state index contributed by atoms with van der Waals surface area (Å²) in [5.41, 5.74) is 1.16. The Bertz CT molecular complexity index is 1120. The molecule has 2 aromatic carbocycles. The lowest BCUT2D eigenvalue weighted by atomic mass is 10.2. The molecule has 0 aliphatic carbocycles. The standard InChI is InChI=1S/C20H21N3O5S/c1-26-16-8-4-3-7-15(16)20-22-21-19(28-20)14-9-10-17(27-2)18(13-14)29(24,25)23-11-5-6-12-23/h3-4,7-10,13H,5-6,11-12H2,1-2H3. The van der Waals surface area contributed by atoms with Crippen LogP contribution in [-0.4, -0.2) is 50.2 Å². The van der Waals surface area contributed by atoms with E-state index in [1.54, 1.807) is 25.3 Å². The Morgan fingerprint density at radius 1 is 0.931 bits per heavy atom. The van der Waals surface area contributed by atoms with E-state index in [9.17, 15) is 8.42 Å². The van der Waals surface area contributed by atoms with Crippen LogP contribution in [0.15, 0.2) is 51.8 Å². The lowest BCUT2D eigenvalue weighted by molar-refractivity contribution is 0.398. The Morgan fingerprint density at radius 2 is 1.62 bits per heavy atom. The van der Waals surface area contributed by atoms with Crippen molar-refractivity contribution >= 4 is 10.0 Å². The maximum Gasteiger partial charge on any atom is 0.251 e. The summed E-state index contributed by atoms with van der Waals surface area (Å²) in [5, 5.41) is 8.19. The number of aromatic nitrogens is 2. The zero-order chi connectivity index (χ0) is 20.4. The molecule has 9 heteroatoms. The van der Waals surface area contributed by atoms with E-state index >= 15 is 0 Å². The number of nitrogens with zero attached hydrogens (tertiary/aromatic N) is 3. The van der Waals surface area contributed by atoms with Gasteiger partial charge in [0.15, 0.2) is 0 Å². The molecule has 1 saturated heterocycles. The van der Waals surface area contributed by atoms with Crippen molar-refractivity contribution < 1.29 is 22.3 Å². The molecule has 0 bridgehead atoms. The Kier molecular flexibility index (Phi) is 5.25. The molecule has 0 N–H and O–H groups in total. The van der Waals surface area contributed by atoms with Gasteiger partial charge in [-0.1, -0.05) is 12.1 Å². The molecule has 4 rings (SSSR count). The van der Waals surface area contributed by atoms with Crippen molar-refractivity contribution in [1.82, 2.24) is 14.5 Å². The lowest BCUT2D eigenvalue weighted by Gasteiger charge is -2.18. The molecule has 1 aromatic heterocycles. The molecule has 0 spiro atoms. The molecule has 1 aliphatic heterocycles. The van der Waals surface area contributed by atoms with Crippen LogP contribution >= 0.6 is 0 Å². The zero-order valence-electron chi connectivity index (χ0n) is 16.2. The van der Waals surface area contributed by atoms with Crippen LogP contribution in [0.5, 0.6) is 11.5 Å². The molecular weight excluding hydrogens is 394 g/mol. The fourth-order valence-corrected chi connectivity index (χ4v) is 5.05. The largest absolute Gasteiger partial charge is 0.496 e. The summed E-state index contributed by atoms with van der Waals surface area (Å²) in [6.07, 6.45) is 1.71. The van der Waals surface area contributed by atoms with Gasteiger partial charge in [0, 0.05) is 18.7 Å². The first-order valence-corrected chi connectivity index (χ1v) is 10.6. The molecule has 3 aromatic rings. The molecule has 152 valence electrons. The van der Waals surface area contributed by atoms with E-state index in [0.29, 0.717) is 30.0 Å². The number of hydrogen-bond donors (Lipinski definition) is 0. The van der Waals surface area contributed by atoms with Gasteiger partial charge in [-0.15, -0.1) is 10.2 Å². The Balaban J connectivity index is 1.74. The normalized spacial score (nSPS) is 14.8. The first-order valence-electron chi connectivity index (χ1n) is 9.20. The highest BCUT2D eigenvalue weighted by Gasteiger charge is 2.30. The average molecular weight is 415 g/mol. The Hall–Kier alpha value is -2.91. The van der Waals surface area contributed by atoms with Gasteiger partial charge >= 0.3 is 0 Å². The minimum absolute atomic E-state index is 0.0939. The van der Waals surface area contributed by atoms with Crippen LogP contribution in [0.3, 0.4) is 0 Å². The van der Waals surface area contributed by atoms with Crippen molar-refractivity contribution in [3.63, 3.8) is 0 Å². The van der Waals surface area contributed by atoms with Gasteiger partial charge in [0.25, 0.3) is 5.89 Å². The number of methoxy groups -OCH3 is 2. The van der Waals surface area contributed by atoms with Gasteiger partial charge < -0.3 is 13.9 Å². The van der Waals surface area contributed by atoms with E-state index in [0.717, 1.165) is 12.8 Å². The molecule has 1 aliphatic rings. The average Bonchev–Trinajstić information content (AvgIpc) is 3.46. The molecule has 0 radical (unpaired) electrons. The SMILES string of the molecule is COc1ccccc1-c1nnc(-c2ccc(OC)c(S(=O)(=O)N3CCCC3)c2)o1. The summed E-state index contributed by atoms with van der Waals surface area (Å²) in [4.78, 5) is 0.0939. The highest BCUT2D eigenvalue weighted by molar-refractivity contribution is 7.89. The molecule has 2 heterocycles. The van der Waals surface area contributed by atoms with Crippen LogP contribution in [0.2, 0.25) is 0 Å². The molecule has 0 amide bonds. The summed E-state index contributed by atoms with van der Waals surface area (Å²) in [6.45, 7) is 1.02. The van der Waals surface area contributed by atoms with Crippen LogP contribution in [0.4, 0.5) is 0 Å². The summed E-state index contributed by atoms with van der Waals surface area (Å²) in [5.74, 6) is 1.39. The summed E-state index contributed by atoms with van der Waals surface area (Å²) in [7, 11) is -0.656. The van der Waals surface area contributed by atoms with E-state index in [1.165, 1.54) is 17.5 Å². The predicted octanol–water partition coefficient (Wildman–Crippen LogP) is 3.21. The second-order valence-corrected chi connectivity index (χ2v) is 8.50. The first kappa shape index (κ1) is 19.4. The fraction of sp³-hybridized carbons (Fsp3) is 0.300. The minimum atomic E-state index is -3.67. The first-order chi connectivity index (χ1) is 14.0. The number of ether oxygens (including phenoxy) is 2. The lowest BCUT2D eigenvalue weighted by Crippen LogP contribution is -2.28. The summed E-state index contributed by atoms with van der Waals surface area (Å²) in [6, 6.07) is 12.1. The second kappa shape index (κ2) is 7.84. The van der Waals surface area contributed by atoms with Crippen LogP contribution in [0.25, 0.3) is 22.9 Å². The Morgan fingerprint density at radius 3 is 2.34 bits per heavy atom. The van der Waals surface area contributed by atoms with Gasteiger partial charge in [0.1, 0.15) is 16.4 Å². The predicted molar refractivity (Wildman–Crippen MR) is 106 cm³/mol. The van der Waals surface area contributed by atoms with Crippen molar-refractivity contribution in [3.05, 3.63) is 42.5 Å². The quantitative estimate of drug-likeness (QED) is 0.610. The van der Waals surface area contributed by atoms with Crippen molar-refractivity contribution in [2.24, 2.45) is 0 Å².